The Morgan fingerprint density at radius 2 is 2.00 bits per heavy atom. The predicted octanol–water partition coefficient (Wildman–Crippen LogP) is 3.82. The Kier molecular flexibility index (Phi) is 6.00. The second-order valence-electron chi connectivity index (χ2n) is 5.24. The number of hydrogen-bond acceptors (Lipinski definition) is 4. The summed E-state index contributed by atoms with van der Waals surface area (Å²) in [6.45, 7) is 1.37. The molecule has 6 nitrogen and oxygen atoms in total. The number of rotatable bonds is 6. The fourth-order valence-electron chi connectivity index (χ4n) is 2.17. The summed E-state index contributed by atoms with van der Waals surface area (Å²) in [7, 11) is 0. The monoisotopic (exact) mass is 369 g/mol. The average molecular weight is 370 g/mol. The standard InChI is InChI=1S/C16H14ClF2N3O3/c1-9(12-4-3-11(18)7-13(12)19)20-8-16(23)21-14-6-10(17)2-5-15(14)22(24)25/h2-7,9,20H,8H2,1H3,(H,21,23)/t9-/m1/s1. The van der Waals surface area contributed by atoms with Crippen molar-refractivity contribution >= 4 is 28.9 Å². The number of amides is 1. The van der Waals surface area contributed by atoms with Gasteiger partial charge in [-0.2, -0.15) is 0 Å². The van der Waals surface area contributed by atoms with Crippen LogP contribution in [0.2, 0.25) is 5.02 Å². The molecule has 0 saturated carbocycles. The van der Waals surface area contributed by atoms with E-state index in [0.717, 1.165) is 12.1 Å². The van der Waals surface area contributed by atoms with Crippen molar-refractivity contribution in [2.45, 2.75) is 13.0 Å². The molecule has 0 fully saturated rings. The molecule has 25 heavy (non-hydrogen) atoms. The summed E-state index contributed by atoms with van der Waals surface area (Å²) >= 11 is 5.78. The fourth-order valence-corrected chi connectivity index (χ4v) is 2.34. The third kappa shape index (κ3) is 4.94. The van der Waals surface area contributed by atoms with Gasteiger partial charge >= 0.3 is 0 Å². The number of hydrogen-bond donors (Lipinski definition) is 2. The highest BCUT2D eigenvalue weighted by Gasteiger charge is 2.17. The summed E-state index contributed by atoms with van der Waals surface area (Å²) in [4.78, 5) is 22.3. The first-order valence-corrected chi connectivity index (χ1v) is 7.58. The van der Waals surface area contributed by atoms with Crippen LogP contribution in [0.1, 0.15) is 18.5 Å². The maximum absolute atomic E-state index is 13.7. The van der Waals surface area contributed by atoms with Gasteiger partial charge in [0.25, 0.3) is 5.69 Å². The van der Waals surface area contributed by atoms with Crippen LogP contribution >= 0.6 is 11.6 Å². The van der Waals surface area contributed by atoms with Crippen molar-refractivity contribution in [1.29, 1.82) is 0 Å². The van der Waals surface area contributed by atoms with E-state index >= 15 is 0 Å². The van der Waals surface area contributed by atoms with Crippen LogP contribution < -0.4 is 10.6 Å². The molecule has 1 atom stereocenters. The van der Waals surface area contributed by atoms with Gasteiger partial charge < -0.3 is 10.6 Å². The summed E-state index contributed by atoms with van der Waals surface area (Å²) in [6, 6.07) is 6.37. The normalized spacial score (nSPS) is 11.8. The summed E-state index contributed by atoms with van der Waals surface area (Å²) < 4.78 is 26.6. The van der Waals surface area contributed by atoms with E-state index in [9.17, 15) is 23.7 Å². The van der Waals surface area contributed by atoms with Crippen LogP contribution in [0.15, 0.2) is 36.4 Å². The smallest absolute Gasteiger partial charge is 0.292 e. The molecule has 0 unspecified atom stereocenters. The minimum atomic E-state index is -0.731. The van der Waals surface area contributed by atoms with Crippen LogP contribution in [0.4, 0.5) is 20.2 Å². The minimum absolute atomic E-state index is 0.0371. The molecule has 132 valence electrons. The maximum atomic E-state index is 13.7. The second-order valence-corrected chi connectivity index (χ2v) is 5.67. The zero-order valence-electron chi connectivity index (χ0n) is 13.1. The van der Waals surface area contributed by atoms with Crippen molar-refractivity contribution in [2.75, 3.05) is 11.9 Å². The lowest BCUT2D eigenvalue weighted by molar-refractivity contribution is -0.383. The molecule has 1 amide bonds. The molecule has 0 aromatic heterocycles. The molecule has 2 rings (SSSR count). The molecule has 9 heteroatoms. The molecular weight excluding hydrogens is 356 g/mol. The molecule has 0 heterocycles. The summed E-state index contributed by atoms with van der Waals surface area (Å²) in [5.74, 6) is -2.00. The summed E-state index contributed by atoms with van der Waals surface area (Å²) in [5.41, 5.74) is -0.136. The topological polar surface area (TPSA) is 84.3 Å². The first kappa shape index (κ1) is 18.8. The van der Waals surface area contributed by atoms with Crippen molar-refractivity contribution in [1.82, 2.24) is 5.32 Å². The van der Waals surface area contributed by atoms with Crippen LogP contribution in [-0.2, 0) is 4.79 Å². The van der Waals surface area contributed by atoms with E-state index in [2.05, 4.69) is 10.6 Å². The molecule has 0 aliphatic rings. The van der Waals surface area contributed by atoms with Gasteiger partial charge in [0.2, 0.25) is 5.91 Å². The lowest BCUT2D eigenvalue weighted by Gasteiger charge is -2.15. The maximum Gasteiger partial charge on any atom is 0.292 e. The van der Waals surface area contributed by atoms with Crippen molar-refractivity contribution in [3.63, 3.8) is 0 Å². The molecule has 0 radical (unpaired) electrons. The Bertz CT molecular complexity index is 817. The van der Waals surface area contributed by atoms with Gasteiger partial charge in [0, 0.05) is 28.8 Å². The third-order valence-corrected chi connectivity index (χ3v) is 3.66. The Hall–Kier alpha value is -2.58. The summed E-state index contributed by atoms with van der Waals surface area (Å²) in [6.07, 6.45) is 0. The summed E-state index contributed by atoms with van der Waals surface area (Å²) in [5, 5.41) is 16.3. The van der Waals surface area contributed by atoms with Crippen molar-refractivity contribution in [2.24, 2.45) is 0 Å². The van der Waals surface area contributed by atoms with Crippen LogP contribution in [0.5, 0.6) is 0 Å². The molecule has 0 aliphatic heterocycles. The van der Waals surface area contributed by atoms with Gasteiger partial charge in [-0.25, -0.2) is 8.78 Å². The van der Waals surface area contributed by atoms with E-state index in [0.29, 0.717) is 0 Å². The molecule has 0 spiro atoms. The van der Waals surface area contributed by atoms with Gasteiger partial charge in [0.1, 0.15) is 17.3 Å². The number of nitro groups is 1. The Morgan fingerprint density at radius 3 is 2.64 bits per heavy atom. The highest BCUT2D eigenvalue weighted by atomic mass is 35.5. The van der Waals surface area contributed by atoms with Crippen LogP contribution in [-0.4, -0.2) is 17.4 Å². The van der Waals surface area contributed by atoms with E-state index in [1.165, 1.54) is 24.3 Å². The molecule has 0 bridgehead atoms. The molecule has 2 aromatic rings. The van der Waals surface area contributed by atoms with Crippen LogP contribution in [0.25, 0.3) is 0 Å². The SMILES string of the molecule is C[C@@H](NCC(=O)Nc1cc(Cl)ccc1[N+](=O)[O-])c1ccc(F)cc1F. The van der Waals surface area contributed by atoms with Gasteiger partial charge in [-0.15, -0.1) is 0 Å². The number of nitrogens with one attached hydrogen (secondary N) is 2. The highest BCUT2D eigenvalue weighted by Crippen LogP contribution is 2.27. The van der Waals surface area contributed by atoms with E-state index < -0.39 is 28.5 Å². The zero-order chi connectivity index (χ0) is 18.6. The van der Waals surface area contributed by atoms with Gasteiger partial charge in [-0.3, -0.25) is 14.9 Å². The van der Waals surface area contributed by atoms with Crippen LogP contribution in [0.3, 0.4) is 0 Å². The number of benzene rings is 2. The Labute approximate surface area is 146 Å². The minimum Gasteiger partial charge on any atom is -0.319 e. The quantitative estimate of drug-likeness (QED) is 0.599. The average Bonchev–Trinajstić information content (AvgIpc) is 2.52. The number of carbonyl (C=O) groups is 1. The largest absolute Gasteiger partial charge is 0.319 e. The van der Waals surface area contributed by atoms with Crippen LogP contribution in [0, 0.1) is 21.7 Å². The zero-order valence-corrected chi connectivity index (χ0v) is 13.8. The molecule has 0 saturated heterocycles. The number of nitro benzene ring substituents is 1. The van der Waals surface area contributed by atoms with Gasteiger partial charge in [0.05, 0.1) is 11.5 Å². The van der Waals surface area contributed by atoms with E-state index in [4.69, 9.17) is 11.6 Å². The van der Waals surface area contributed by atoms with E-state index in [1.807, 2.05) is 0 Å². The first-order valence-electron chi connectivity index (χ1n) is 7.20. The number of carbonyl (C=O) groups excluding carboxylic acids is 1. The lowest BCUT2D eigenvalue weighted by atomic mass is 10.1. The van der Waals surface area contributed by atoms with Gasteiger partial charge in [-0.1, -0.05) is 17.7 Å². The van der Waals surface area contributed by atoms with Crippen molar-refractivity contribution in [3.8, 4) is 0 Å². The molecule has 0 aliphatic carbocycles. The lowest BCUT2D eigenvalue weighted by Crippen LogP contribution is -2.30. The number of halogens is 3. The van der Waals surface area contributed by atoms with Crippen molar-refractivity contribution in [3.05, 3.63) is 68.7 Å². The van der Waals surface area contributed by atoms with E-state index in [1.54, 1.807) is 6.92 Å². The third-order valence-electron chi connectivity index (χ3n) is 3.43. The predicted molar refractivity (Wildman–Crippen MR) is 89.5 cm³/mol. The molecule has 2 aromatic carbocycles. The fraction of sp³-hybridized carbons (Fsp3) is 0.188. The second kappa shape index (κ2) is 8.00. The molecule has 2 N–H and O–H groups in total. The van der Waals surface area contributed by atoms with Crippen molar-refractivity contribution < 1.29 is 18.5 Å². The van der Waals surface area contributed by atoms with Gasteiger partial charge in [0.15, 0.2) is 0 Å². The number of anilines is 1. The highest BCUT2D eigenvalue weighted by molar-refractivity contribution is 6.31. The Balaban J connectivity index is 2.01. The number of nitrogens with zero attached hydrogens (tertiary/aromatic N) is 1. The van der Waals surface area contributed by atoms with E-state index in [-0.39, 0.29) is 28.5 Å². The first-order chi connectivity index (χ1) is 11.8. The van der Waals surface area contributed by atoms with Gasteiger partial charge in [-0.05, 0) is 25.1 Å². The Morgan fingerprint density at radius 1 is 1.28 bits per heavy atom. The molecular formula is C16H14ClF2N3O3.